The minimum Gasteiger partial charge on any atom is -0.384 e. The lowest BCUT2D eigenvalue weighted by atomic mass is 9.94. The van der Waals surface area contributed by atoms with Crippen molar-refractivity contribution in [2.45, 2.75) is 38.1 Å². The van der Waals surface area contributed by atoms with E-state index in [4.69, 9.17) is 11.1 Å². The van der Waals surface area contributed by atoms with Gasteiger partial charge in [-0.15, -0.1) is 0 Å². The van der Waals surface area contributed by atoms with Crippen molar-refractivity contribution >= 4 is 11.7 Å². The lowest BCUT2D eigenvalue weighted by Crippen LogP contribution is -2.34. The number of rotatable bonds is 3. The third-order valence-corrected chi connectivity index (χ3v) is 3.54. The molecule has 4 nitrogen and oxygen atoms in total. The molecule has 2 rings (SSSR count). The number of hydrogen-bond donors (Lipinski definition) is 2. The molecule has 0 aliphatic heterocycles. The van der Waals surface area contributed by atoms with E-state index in [1.165, 1.54) is 32.1 Å². The van der Waals surface area contributed by atoms with Crippen molar-refractivity contribution in [1.29, 1.82) is 5.41 Å². The molecule has 3 N–H and O–H groups in total. The first-order valence-corrected chi connectivity index (χ1v) is 6.22. The van der Waals surface area contributed by atoms with Crippen LogP contribution >= 0.6 is 0 Å². The van der Waals surface area contributed by atoms with Crippen LogP contribution in [0.4, 0.5) is 5.82 Å². The molecular formula is C13H20N4. The van der Waals surface area contributed by atoms with Gasteiger partial charge in [-0.1, -0.05) is 19.3 Å². The van der Waals surface area contributed by atoms with Crippen LogP contribution in [0.2, 0.25) is 0 Å². The quantitative estimate of drug-likeness (QED) is 0.620. The highest BCUT2D eigenvalue weighted by atomic mass is 15.2. The number of anilines is 1. The number of aromatic nitrogens is 1. The first-order chi connectivity index (χ1) is 8.18. The van der Waals surface area contributed by atoms with Gasteiger partial charge in [-0.3, -0.25) is 5.41 Å². The highest BCUT2D eigenvalue weighted by molar-refractivity contribution is 5.95. The zero-order valence-electron chi connectivity index (χ0n) is 10.3. The Morgan fingerprint density at radius 1 is 1.41 bits per heavy atom. The van der Waals surface area contributed by atoms with E-state index in [1.54, 1.807) is 12.3 Å². The van der Waals surface area contributed by atoms with Crippen LogP contribution in [0.1, 0.15) is 37.7 Å². The number of hydrogen-bond acceptors (Lipinski definition) is 3. The van der Waals surface area contributed by atoms with Gasteiger partial charge in [0.2, 0.25) is 0 Å². The second-order valence-electron chi connectivity index (χ2n) is 4.72. The summed E-state index contributed by atoms with van der Waals surface area (Å²) in [6.07, 6.45) is 8.17. The van der Waals surface area contributed by atoms with Crippen LogP contribution in [0.15, 0.2) is 18.3 Å². The second-order valence-corrected chi connectivity index (χ2v) is 4.72. The molecule has 4 heteroatoms. The fourth-order valence-electron chi connectivity index (χ4n) is 2.43. The molecule has 1 aliphatic rings. The third-order valence-electron chi connectivity index (χ3n) is 3.54. The van der Waals surface area contributed by atoms with Gasteiger partial charge in [-0.2, -0.15) is 0 Å². The summed E-state index contributed by atoms with van der Waals surface area (Å²) in [4.78, 5) is 6.60. The third kappa shape index (κ3) is 2.75. The lowest BCUT2D eigenvalue weighted by Gasteiger charge is -2.32. The van der Waals surface area contributed by atoms with Crippen LogP contribution < -0.4 is 10.6 Å². The Balaban J connectivity index is 2.14. The Morgan fingerprint density at radius 3 is 2.76 bits per heavy atom. The minimum absolute atomic E-state index is 0.102. The average molecular weight is 232 g/mol. The summed E-state index contributed by atoms with van der Waals surface area (Å²) in [5.41, 5.74) is 6.25. The van der Waals surface area contributed by atoms with Gasteiger partial charge in [0, 0.05) is 24.8 Å². The number of nitrogens with one attached hydrogen (secondary N) is 1. The van der Waals surface area contributed by atoms with Crippen molar-refractivity contribution < 1.29 is 0 Å². The number of amidine groups is 1. The van der Waals surface area contributed by atoms with Crippen molar-refractivity contribution in [3.05, 3.63) is 23.9 Å². The standard InChI is InChI=1S/C13H20N4/c1-17(11-5-3-2-4-6-11)12-9-10(13(14)15)7-8-16-12/h7-9,11H,2-6H2,1H3,(H3,14,15). The molecule has 1 heterocycles. The summed E-state index contributed by atoms with van der Waals surface area (Å²) in [5, 5.41) is 7.45. The normalized spacial score (nSPS) is 16.8. The molecule has 0 atom stereocenters. The monoisotopic (exact) mass is 232 g/mol. The zero-order chi connectivity index (χ0) is 12.3. The number of nitrogen functional groups attached to an aromatic ring is 1. The van der Waals surface area contributed by atoms with Crippen LogP contribution in [0, 0.1) is 5.41 Å². The molecule has 0 saturated heterocycles. The first kappa shape index (κ1) is 11.9. The maximum absolute atomic E-state index is 7.45. The number of nitrogens with two attached hydrogens (primary N) is 1. The van der Waals surface area contributed by atoms with E-state index in [9.17, 15) is 0 Å². The molecule has 1 saturated carbocycles. The highest BCUT2D eigenvalue weighted by Crippen LogP contribution is 2.25. The van der Waals surface area contributed by atoms with Crippen molar-refractivity contribution in [3.8, 4) is 0 Å². The average Bonchev–Trinajstić information content (AvgIpc) is 2.39. The second kappa shape index (κ2) is 5.17. The molecule has 1 aromatic rings. The highest BCUT2D eigenvalue weighted by Gasteiger charge is 2.19. The Hall–Kier alpha value is -1.58. The molecule has 0 bridgehead atoms. The Labute approximate surface area is 102 Å². The number of pyridine rings is 1. The van der Waals surface area contributed by atoms with Gasteiger partial charge in [0.1, 0.15) is 11.7 Å². The summed E-state index contributed by atoms with van der Waals surface area (Å²) < 4.78 is 0. The molecule has 0 spiro atoms. The Kier molecular flexibility index (Phi) is 3.61. The molecule has 17 heavy (non-hydrogen) atoms. The first-order valence-electron chi connectivity index (χ1n) is 6.22. The molecule has 0 aromatic carbocycles. The molecule has 92 valence electrons. The maximum atomic E-state index is 7.45. The molecule has 0 unspecified atom stereocenters. The SMILES string of the molecule is CN(c1cc(C(=N)N)ccn1)C1CCCCC1. The number of nitrogens with zero attached hydrogens (tertiary/aromatic N) is 2. The smallest absolute Gasteiger partial charge is 0.129 e. The molecule has 1 aromatic heterocycles. The van der Waals surface area contributed by atoms with E-state index in [0.717, 1.165) is 11.4 Å². The van der Waals surface area contributed by atoms with E-state index < -0.39 is 0 Å². The van der Waals surface area contributed by atoms with Crippen molar-refractivity contribution in [2.24, 2.45) is 5.73 Å². The summed E-state index contributed by atoms with van der Waals surface area (Å²) in [6.45, 7) is 0. The van der Waals surface area contributed by atoms with Gasteiger partial charge < -0.3 is 10.6 Å². The summed E-state index contributed by atoms with van der Waals surface area (Å²) in [6, 6.07) is 4.26. The fraction of sp³-hybridized carbons (Fsp3) is 0.538. The predicted molar refractivity (Wildman–Crippen MR) is 70.5 cm³/mol. The fourth-order valence-corrected chi connectivity index (χ4v) is 2.43. The molecule has 1 aliphatic carbocycles. The Morgan fingerprint density at radius 2 is 2.12 bits per heavy atom. The minimum atomic E-state index is 0.102. The van der Waals surface area contributed by atoms with Crippen LogP contribution in [0.5, 0.6) is 0 Å². The van der Waals surface area contributed by atoms with Crippen molar-refractivity contribution in [1.82, 2.24) is 4.98 Å². The maximum Gasteiger partial charge on any atom is 0.129 e. The molecule has 1 fully saturated rings. The topological polar surface area (TPSA) is 66.0 Å². The molecule has 0 radical (unpaired) electrons. The Bertz CT molecular complexity index is 396. The van der Waals surface area contributed by atoms with Gasteiger partial charge in [0.05, 0.1) is 0 Å². The molecular weight excluding hydrogens is 212 g/mol. The van der Waals surface area contributed by atoms with Crippen molar-refractivity contribution in [2.75, 3.05) is 11.9 Å². The lowest BCUT2D eigenvalue weighted by molar-refractivity contribution is 0.426. The summed E-state index contributed by atoms with van der Waals surface area (Å²) in [7, 11) is 2.09. The van der Waals surface area contributed by atoms with Gasteiger partial charge in [-0.05, 0) is 25.0 Å². The summed E-state index contributed by atoms with van der Waals surface area (Å²) in [5.74, 6) is 1.02. The van der Waals surface area contributed by atoms with E-state index in [1.807, 2.05) is 6.07 Å². The van der Waals surface area contributed by atoms with Crippen LogP contribution in [0.3, 0.4) is 0 Å². The molecule has 0 amide bonds. The van der Waals surface area contributed by atoms with Gasteiger partial charge in [-0.25, -0.2) is 4.98 Å². The largest absolute Gasteiger partial charge is 0.384 e. The van der Waals surface area contributed by atoms with Gasteiger partial charge >= 0.3 is 0 Å². The van der Waals surface area contributed by atoms with Crippen molar-refractivity contribution in [3.63, 3.8) is 0 Å². The van der Waals surface area contributed by atoms with E-state index in [-0.39, 0.29) is 5.84 Å². The van der Waals surface area contributed by atoms with Gasteiger partial charge in [0.15, 0.2) is 0 Å². The zero-order valence-corrected chi connectivity index (χ0v) is 10.3. The van der Waals surface area contributed by atoms with Crippen LogP contribution in [-0.2, 0) is 0 Å². The predicted octanol–water partition coefficient (Wildman–Crippen LogP) is 2.13. The van der Waals surface area contributed by atoms with E-state index in [2.05, 4.69) is 16.9 Å². The van der Waals surface area contributed by atoms with E-state index in [0.29, 0.717) is 6.04 Å². The van der Waals surface area contributed by atoms with Crippen LogP contribution in [0.25, 0.3) is 0 Å². The van der Waals surface area contributed by atoms with Crippen LogP contribution in [-0.4, -0.2) is 23.9 Å². The van der Waals surface area contributed by atoms with E-state index >= 15 is 0 Å². The summed E-state index contributed by atoms with van der Waals surface area (Å²) >= 11 is 0. The van der Waals surface area contributed by atoms with Gasteiger partial charge in [0.25, 0.3) is 0 Å².